The van der Waals surface area contributed by atoms with Gasteiger partial charge < -0.3 is 9.47 Å². The summed E-state index contributed by atoms with van der Waals surface area (Å²) >= 11 is 0. The number of Topliss-reactive ketones (excluding diaryl/α,β-unsaturated/α-hetero) is 1. The molecule has 0 aromatic heterocycles. The summed E-state index contributed by atoms with van der Waals surface area (Å²) in [7, 11) is 0. The number of fused-ring (bicyclic) bond motifs is 1. The van der Waals surface area contributed by atoms with Crippen molar-refractivity contribution in [3.63, 3.8) is 0 Å². The van der Waals surface area contributed by atoms with Crippen molar-refractivity contribution in [2.45, 2.75) is 57.7 Å². The molecular formula is C16H22O3. The molecule has 3 aliphatic rings. The predicted molar refractivity (Wildman–Crippen MR) is 71.3 cm³/mol. The van der Waals surface area contributed by atoms with Gasteiger partial charge in [-0.15, -0.1) is 12.3 Å². The average molecular weight is 262 g/mol. The molecule has 1 saturated heterocycles. The second-order valence-corrected chi connectivity index (χ2v) is 6.72. The lowest BCUT2D eigenvalue weighted by Crippen LogP contribution is -2.55. The number of hydrogen-bond donors (Lipinski definition) is 0. The highest BCUT2D eigenvalue weighted by atomic mass is 16.7. The Bertz CT molecular complexity index is 430. The zero-order chi connectivity index (χ0) is 13.6. The number of terminal acetylenes is 1. The highest BCUT2D eigenvalue weighted by molar-refractivity contribution is 5.80. The van der Waals surface area contributed by atoms with E-state index in [9.17, 15) is 4.79 Å². The van der Waals surface area contributed by atoms with Crippen LogP contribution in [0.5, 0.6) is 0 Å². The summed E-state index contributed by atoms with van der Waals surface area (Å²) in [5.74, 6) is 2.79. The van der Waals surface area contributed by atoms with Crippen molar-refractivity contribution in [3.05, 3.63) is 0 Å². The third kappa shape index (κ3) is 1.93. The number of rotatable bonds is 1. The fourth-order valence-electron chi connectivity index (χ4n) is 4.44. The van der Waals surface area contributed by atoms with Crippen molar-refractivity contribution in [2.24, 2.45) is 10.8 Å². The van der Waals surface area contributed by atoms with E-state index in [0.29, 0.717) is 38.3 Å². The number of ether oxygens (including phenoxy) is 2. The Kier molecular flexibility index (Phi) is 2.99. The summed E-state index contributed by atoms with van der Waals surface area (Å²) in [6, 6.07) is 0. The van der Waals surface area contributed by atoms with Crippen LogP contribution in [0.4, 0.5) is 0 Å². The molecule has 3 nitrogen and oxygen atoms in total. The van der Waals surface area contributed by atoms with E-state index >= 15 is 0 Å². The fourth-order valence-corrected chi connectivity index (χ4v) is 4.44. The van der Waals surface area contributed by atoms with Gasteiger partial charge in [0.15, 0.2) is 5.79 Å². The standard InChI is InChI=1S/C16H22O3/c1-3-5-15-7-8-16(18-9-10-19-16)12-14(15,2)6-4-13(17)11-15/h1H,4-12H2,2H3/t14-,15+/m1/s1. The van der Waals surface area contributed by atoms with E-state index in [2.05, 4.69) is 12.8 Å². The van der Waals surface area contributed by atoms with Crippen LogP contribution < -0.4 is 0 Å². The molecule has 104 valence electrons. The summed E-state index contributed by atoms with van der Waals surface area (Å²) in [5.41, 5.74) is 0.0352. The van der Waals surface area contributed by atoms with Crippen LogP contribution in [0.25, 0.3) is 0 Å². The van der Waals surface area contributed by atoms with E-state index in [1.807, 2.05) is 0 Å². The minimum absolute atomic E-state index is 0.0301. The Morgan fingerprint density at radius 3 is 2.68 bits per heavy atom. The molecule has 0 radical (unpaired) electrons. The van der Waals surface area contributed by atoms with Gasteiger partial charge in [0.25, 0.3) is 0 Å². The van der Waals surface area contributed by atoms with Crippen molar-refractivity contribution >= 4 is 5.78 Å². The first kappa shape index (κ1) is 13.1. The van der Waals surface area contributed by atoms with Gasteiger partial charge in [0.2, 0.25) is 0 Å². The van der Waals surface area contributed by atoms with E-state index in [4.69, 9.17) is 15.9 Å². The van der Waals surface area contributed by atoms with Crippen molar-refractivity contribution in [3.8, 4) is 12.3 Å². The Morgan fingerprint density at radius 1 is 1.26 bits per heavy atom. The Hall–Kier alpha value is -0.850. The third-order valence-electron chi connectivity index (χ3n) is 5.67. The molecule has 3 fully saturated rings. The second-order valence-electron chi connectivity index (χ2n) is 6.72. The first-order chi connectivity index (χ1) is 9.03. The zero-order valence-electron chi connectivity index (χ0n) is 11.7. The van der Waals surface area contributed by atoms with Gasteiger partial charge in [-0.1, -0.05) is 6.92 Å². The van der Waals surface area contributed by atoms with E-state index in [1.54, 1.807) is 0 Å². The summed E-state index contributed by atoms with van der Waals surface area (Å²) < 4.78 is 11.8. The Balaban J connectivity index is 1.91. The van der Waals surface area contributed by atoms with Crippen LogP contribution in [0.2, 0.25) is 0 Å². The maximum atomic E-state index is 11.9. The van der Waals surface area contributed by atoms with Crippen molar-refractivity contribution < 1.29 is 14.3 Å². The predicted octanol–water partition coefficient (Wildman–Crippen LogP) is 2.68. The van der Waals surface area contributed by atoms with E-state index in [-0.39, 0.29) is 10.8 Å². The lowest BCUT2D eigenvalue weighted by molar-refractivity contribution is -0.234. The molecule has 3 heteroatoms. The van der Waals surface area contributed by atoms with Crippen LogP contribution in [0.15, 0.2) is 0 Å². The Morgan fingerprint density at radius 2 is 2.00 bits per heavy atom. The largest absolute Gasteiger partial charge is 0.348 e. The van der Waals surface area contributed by atoms with Gasteiger partial charge in [-0.25, -0.2) is 0 Å². The molecule has 3 rings (SSSR count). The lowest BCUT2D eigenvalue weighted by Gasteiger charge is -2.57. The second kappa shape index (κ2) is 4.33. The molecular weight excluding hydrogens is 240 g/mol. The van der Waals surface area contributed by atoms with Gasteiger partial charge >= 0.3 is 0 Å². The fraction of sp³-hybridized carbons (Fsp3) is 0.812. The van der Waals surface area contributed by atoms with Gasteiger partial charge in [-0.05, 0) is 23.7 Å². The van der Waals surface area contributed by atoms with Crippen LogP contribution >= 0.6 is 0 Å². The third-order valence-corrected chi connectivity index (χ3v) is 5.67. The van der Waals surface area contributed by atoms with Crippen molar-refractivity contribution in [1.29, 1.82) is 0 Å². The van der Waals surface area contributed by atoms with Gasteiger partial charge in [-0.3, -0.25) is 4.79 Å². The molecule has 1 aliphatic heterocycles. The monoisotopic (exact) mass is 262 g/mol. The summed E-state index contributed by atoms with van der Waals surface area (Å²) in [5, 5.41) is 0. The highest BCUT2D eigenvalue weighted by Gasteiger charge is 2.59. The van der Waals surface area contributed by atoms with Gasteiger partial charge in [-0.2, -0.15) is 0 Å². The minimum Gasteiger partial charge on any atom is -0.348 e. The van der Waals surface area contributed by atoms with E-state index in [0.717, 1.165) is 25.7 Å². The van der Waals surface area contributed by atoms with E-state index < -0.39 is 5.79 Å². The van der Waals surface area contributed by atoms with Crippen LogP contribution in [-0.4, -0.2) is 24.8 Å². The molecule has 2 aliphatic carbocycles. The quantitative estimate of drug-likeness (QED) is 0.682. The first-order valence-corrected chi connectivity index (χ1v) is 7.26. The number of carbonyl (C=O) groups is 1. The number of carbonyl (C=O) groups excluding carboxylic acids is 1. The zero-order valence-corrected chi connectivity index (χ0v) is 11.7. The Labute approximate surface area is 115 Å². The van der Waals surface area contributed by atoms with Gasteiger partial charge in [0.1, 0.15) is 5.78 Å². The molecule has 0 bridgehead atoms. The first-order valence-electron chi connectivity index (χ1n) is 7.26. The molecule has 0 N–H and O–H groups in total. The normalized spacial score (nSPS) is 40.9. The van der Waals surface area contributed by atoms with Crippen LogP contribution in [-0.2, 0) is 14.3 Å². The highest BCUT2D eigenvalue weighted by Crippen LogP contribution is 2.62. The topological polar surface area (TPSA) is 35.5 Å². The molecule has 0 amide bonds. The van der Waals surface area contributed by atoms with Crippen LogP contribution in [0, 0.1) is 23.2 Å². The van der Waals surface area contributed by atoms with E-state index in [1.165, 1.54) is 0 Å². The number of hydrogen-bond acceptors (Lipinski definition) is 3. The SMILES string of the molecule is C#CC[C@@]12CCC3(C[C@@]1(C)CCC(=O)C2)OCCO3. The molecule has 0 unspecified atom stereocenters. The average Bonchev–Trinajstić information content (AvgIpc) is 2.80. The molecule has 1 heterocycles. The molecule has 19 heavy (non-hydrogen) atoms. The molecule has 2 saturated carbocycles. The maximum absolute atomic E-state index is 11.9. The maximum Gasteiger partial charge on any atom is 0.169 e. The summed E-state index contributed by atoms with van der Waals surface area (Å²) in [6.07, 6.45) is 11.2. The van der Waals surface area contributed by atoms with Crippen molar-refractivity contribution in [1.82, 2.24) is 0 Å². The molecule has 1 spiro atoms. The number of ketones is 1. The molecule has 2 atom stereocenters. The van der Waals surface area contributed by atoms with Crippen molar-refractivity contribution in [2.75, 3.05) is 13.2 Å². The summed E-state index contributed by atoms with van der Waals surface area (Å²) in [6.45, 7) is 3.66. The molecule has 0 aromatic carbocycles. The van der Waals surface area contributed by atoms with Crippen LogP contribution in [0.1, 0.15) is 51.9 Å². The van der Waals surface area contributed by atoms with Crippen LogP contribution in [0.3, 0.4) is 0 Å². The molecule has 0 aromatic rings. The smallest absolute Gasteiger partial charge is 0.169 e. The summed E-state index contributed by atoms with van der Waals surface area (Å²) in [4.78, 5) is 11.9. The van der Waals surface area contributed by atoms with Gasteiger partial charge in [0.05, 0.1) is 13.2 Å². The lowest BCUT2D eigenvalue weighted by atomic mass is 9.48. The van der Waals surface area contributed by atoms with Gasteiger partial charge in [0, 0.05) is 32.1 Å². The minimum atomic E-state index is -0.396.